The highest BCUT2D eigenvalue weighted by molar-refractivity contribution is 7.89. The van der Waals surface area contributed by atoms with Crippen molar-refractivity contribution in [1.29, 1.82) is 0 Å². The number of nitrogens with zero attached hydrogens (tertiary/aromatic N) is 1. The van der Waals surface area contributed by atoms with E-state index in [1.165, 1.54) is 12.1 Å². The molecule has 0 aliphatic heterocycles. The number of benzene rings is 2. The fourth-order valence-corrected chi connectivity index (χ4v) is 4.25. The van der Waals surface area contributed by atoms with Crippen LogP contribution in [-0.2, 0) is 21.4 Å². The van der Waals surface area contributed by atoms with Gasteiger partial charge in [-0.25, -0.2) is 8.42 Å². The first-order valence-corrected chi connectivity index (χ1v) is 11.2. The summed E-state index contributed by atoms with van der Waals surface area (Å²) < 4.78 is 27.3. The zero-order valence-electron chi connectivity index (χ0n) is 15.9. The molecule has 2 aromatic carbocycles. The van der Waals surface area contributed by atoms with Gasteiger partial charge in [-0.05, 0) is 42.2 Å². The van der Waals surface area contributed by atoms with Crippen LogP contribution in [0.4, 0.5) is 0 Å². The number of carbonyl (C=O) groups excluding carboxylic acids is 1. The Morgan fingerprint density at radius 3 is 2.36 bits per heavy atom. The number of rotatable bonds is 9. The summed E-state index contributed by atoms with van der Waals surface area (Å²) in [6, 6.07) is 12.9. The largest absolute Gasteiger partial charge is 0.355 e. The Morgan fingerprint density at radius 1 is 1.07 bits per heavy atom. The zero-order valence-corrected chi connectivity index (χ0v) is 18.2. The third-order valence-corrected chi connectivity index (χ3v) is 6.63. The highest BCUT2D eigenvalue weighted by Gasteiger charge is 2.27. The maximum atomic E-state index is 13.1. The lowest BCUT2D eigenvalue weighted by Gasteiger charge is -2.22. The lowest BCUT2D eigenvalue weighted by molar-refractivity contribution is -0.121. The van der Waals surface area contributed by atoms with Crippen LogP contribution in [0, 0.1) is 5.92 Å². The van der Waals surface area contributed by atoms with Gasteiger partial charge in [0.05, 0.1) is 21.5 Å². The lowest BCUT2D eigenvalue weighted by Crippen LogP contribution is -2.40. The van der Waals surface area contributed by atoms with Crippen molar-refractivity contribution in [3.05, 3.63) is 64.1 Å². The third kappa shape index (κ3) is 6.48. The molecule has 0 atom stereocenters. The Hall–Kier alpha value is -1.60. The maximum Gasteiger partial charge on any atom is 0.243 e. The third-order valence-electron chi connectivity index (χ3n) is 4.09. The van der Waals surface area contributed by atoms with Crippen LogP contribution in [0.25, 0.3) is 0 Å². The molecule has 2 aromatic rings. The highest BCUT2D eigenvalue weighted by Crippen LogP contribution is 2.25. The number of amides is 1. The van der Waals surface area contributed by atoms with Crippen LogP contribution in [0.2, 0.25) is 10.0 Å². The van der Waals surface area contributed by atoms with Crippen LogP contribution in [-0.4, -0.2) is 31.7 Å². The van der Waals surface area contributed by atoms with Crippen molar-refractivity contribution >= 4 is 39.1 Å². The summed E-state index contributed by atoms with van der Waals surface area (Å²) in [5, 5.41) is 3.50. The molecule has 0 fully saturated rings. The van der Waals surface area contributed by atoms with Crippen LogP contribution < -0.4 is 5.32 Å². The second-order valence-electron chi connectivity index (χ2n) is 6.87. The minimum absolute atomic E-state index is 0.00567. The average Bonchev–Trinajstić information content (AvgIpc) is 2.64. The molecule has 0 aliphatic rings. The van der Waals surface area contributed by atoms with E-state index in [2.05, 4.69) is 19.2 Å². The molecule has 5 nitrogen and oxygen atoms in total. The Balaban J connectivity index is 2.24. The van der Waals surface area contributed by atoms with Gasteiger partial charge in [0.25, 0.3) is 0 Å². The monoisotopic (exact) mass is 442 g/mol. The van der Waals surface area contributed by atoms with Crippen molar-refractivity contribution in [2.24, 2.45) is 5.92 Å². The molecule has 152 valence electrons. The molecule has 0 heterocycles. The van der Waals surface area contributed by atoms with Gasteiger partial charge in [0.1, 0.15) is 0 Å². The first-order valence-electron chi connectivity index (χ1n) is 8.96. The molecule has 2 rings (SSSR count). The molecule has 0 radical (unpaired) electrons. The molecule has 0 spiro atoms. The van der Waals surface area contributed by atoms with Gasteiger partial charge in [0.2, 0.25) is 15.9 Å². The number of carbonyl (C=O) groups is 1. The summed E-state index contributed by atoms with van der Waals surface area (Å²) in [5.74, 6) is 0.0980. The molecule has 1 amide bonds. The molecule has 0 bridgehead atoms. The standard InChI is InChI=1S/C20H24Cl2N2O3S/c1-15(2)10-11-23-20(25)14-24(13-16-8-9-18(21)19(22)12-16)28(26,27)17-6-4-3-5-7-17/h3-9,12,15H,10-11,13-14H2,1-2H3,(H,23,25). The highest BCUT2D eigenvalue weighted by atomic mass is 35.5. The van der Waals surface area contributed by atoms with Crippen molar-refractivity contribution in [3.63, 3.8) is 0 Å². The van der Waals surface area contributed by atoms with Crippen LogP contribution in [0.5, 0.6) is 0 Å². The topological polar surface area (TPSA) is 66.5 Å². The molecule has 0 unspecified atom stereocenters. The maximum absolute atomic E-state index is 13.1. The summed E-state index contributed by atoms with van der Waals surface area (Å²) in [4.78, 5) is 12.5. The minimum atomic E-state index is -3.86. The summed E-state index contributed by atoms with van der Waals surface area (Å²) in [6.07, 6.45) is 0.823. The molecule has 1 N–H and O–H groups in total. The summed E-state index contributed by atoms with van der Waals surface area (Å²) in [5.41, 5.74) is 0.642. The second kappa shape index (κ2) is 10.3. The number of halogens is 2. The van der Waals surface area contributed by atoms with Crippen LogP contribution in [0.15, 0.2) is 53.4 Å². The van der Waals surface area contributed by atoms with Gasteiger partial charge in [0.15, 0.2) is 0 Å². The van der Waals surface area contributed by atoms with Gasteiger partial charge in [-0.2, -0.15) is 4.31 Å². The molecule has 0 saturated carbocycles. The van der Waals surface area contributed by atoms with Crippen LogP contribution in [0.3, 0.4) is 0 Å². The fourth-order valence-electron chi connectivity index (χ4n) is 2.53. The molecule has 0 aromatic heterocycles. The first kappa shape index (κ1) is 22.7. The second-order valence-corrected chi connectivity index (χ2v) is 9.62. The Bertz CT molecular complexity index is 903. The van der Waals surface area contributed by atoms with Gasteiger partial charge in [-0.15, -0.1) is 0 Å². The molecule has 8 heteroatoms. The van der Waals surface area contributed by atoms with Gasteiger partial charge in [-0.1, -0.05) is 61.3 Å². The smallest absolute Gasteiger partial charge is 0.243 e. The molecular weight excluding hydrogens is 419 g/mol. The normalized spacial score (nSPS) is 11.8. The van der Waals surface area contributed by atoms with Crippen molar-refractivity contribution < 1.29 is 13.2 Å². The SMILES string of the molecule is CC(C)CCNC(=O)CN(Cc1ccc(Cl)c(Cl)c1)S(=O)(=O)c1ccccc1. The number of nitrogens with one attached hydrogen (secondary N) is 1. The quantitative estimate of drug-likeness (QED) is 0.627. The fraction of sp³-hybridized carbons (Fsp3) is 0.350. The van der Waals surface area contributed by atoms with Crippen LogP contribution in [0.1, 0.15) is 25.8 Å². The Labute approximate surface area is 176 Å². The Morgan fingerprint density at radius 2 is 1.75 bits per heavy atom. The zero-order chi connectivity index (χ0) is 20.7. The predicted molar refractivity (Wildman–Crippen MR) is 113 cm³/mol. The number of hydrogen-bond donors (Lipinski definition) is 1. The molecule has 28 heavy (non-hydrogen) atoms. The van der Waals surface area contributed by atoms with E-state index in [4.69, 9.17) is 23.2 Å². The van der Waals surface area contributed by atoms with Crippen molar-refractivity contribution in [1.82, 2.24) is 9.62 Å². The minimum Gasteiger partial charge on any atom is -0.355 e. The summed E-state index contributed by atoms with van der Waals surface area (Å²) >= 11 is 12.0. The molecule has 0 aliphatic carbocycles. The van der Waals surface area contributed by atoms with E-state index >= 15 is 0 Å². The molecular formula is C20H24Cl2N2O3S. The number of hydrogen-bond acceptors (Lipinski definition) is 3. The van der Waals surface area contributed by atoms with Crippen molar-refractivity contribution in [2.75, 3.05) is 13.1 Å². The van der Waals surface area contributed by atoms with Crippen molar-refractivity contribution in [2.45, 2.75) is 31.7 Å². The van der Waals surface area contributed by atoms with E-state index in [-0.39, 0.29) is 23.9 Å². The van der Waals surface area contributed by atoms with Crippen molar-refractivity contribution in [3.8, 4) is 0 Å². The van der Waals surface area contributed by atoms with Gasteiger partial charge in [0, 0.05) is 13.1 Å². The summed E-state index contributed by atoms with van der Waals surface area (Å²) in [7, 11) is -3.86. The average molecular weight is 443 g/mol. The first-order chi connectivity index (χ1) is 13.2. The van der Waals surface area contributed by atoms with Gasteiger partial charge in [-0.3, -0.25) is 4.79 Å². The van der Waals surface area contributed by atoms with Gasteiger partial charge < -0.3 is 5.32 Å². The lowest BCUT2D eigenvalue weighted by atomic mass is 10.1. The van der Waals surface area contributed by atoms with Gasteiger partial charge >= 0.3 is 0 Å². The number of sulfonamides is 1. The van der Waals surface area contributed by atoms with E-state index in [0.717, 1.165) is 10.7 Å². The van der Waals surface area contributed by atoms with E-state index in [1.807, 2.05) is 0 Å². The summed E-state index contributed by atoms with van der Waals surface area (Å²) in [6.45, 7) is 4.34. The Kier molecular flexibility index (Phi) is 8.31. The molecule has 0 saturated heterocycles. The van der Waals surface area contributed by atoms with E-state index in [0.29, 0.717) is 28.1 Å². The van der Waals surface area contributed by atoms with E-state index in [1.54, 1.807) is 36.4 Å². The van der Waals surface area contributed by atoms with Crippen LogP contribution >= 0.6 is 23.2 Å². The van der Waals surface area contributed by atoms with E-state index < -0.39 is 10.0 Å². The predicted octanol–water partition coefficient (Wildman–Crippen LogP) is 4.35. The van der Waals surface area contributed by atoms with E-state index in [9.17, 15) is 13.2 Å².